The summed E-state index contributed by atoms with van der Waals surface area (Å²) in [5.41, 5.74) is 1.98. The van der Waals surface area contributed by atoms with Crippen LogP contribution in [0.5, 0.6) is 0 Å². The van der Waals surface area contributed by atoms with E-state index in [1.807, 2.05) is 44.2 Å². The molecule has 1 amide bonds. The Labute approximate surface area is 172 Å². The van der Waals surface area contributed by atoms with E-state index in [9.17, 15) is 4.79 Å². The molecule has 5 rings (SSSR count). The first-order valence-corrected chi connectivity index (χ1v) is 10.8. The normalized spacial score (nSPS) is 23.1. The van der Waals surface area contributed by atoms with E-state index in [0.29, 0.717) is 30.3 Å². The number of hydrogen-bond acceptors (Lipinski definition) is 3. The standard InChI is InChI=1S/C24H30FN3O/c1-3-27(4-2)24(29)19-10-11-22(21(25)16-19)28(20-8-6-5-7-9-20)23-17-26-14-12-18(23)13-15-26/h5-11,16,18,23H,3-4,12-15,17H2,1-2H3. The molecule has 0 aliphatic carbocycles. The first kappa shape index (κ1) is 19.9. The monoisotopic (exact) mass is 395 g/mol. The number of carbonyl (C=O) groups excluding carboxylic acids is 1. The highest BCUT2D eigenvalue weighted by Gasteiger charge is 2.39. The van der Waals surface area contributed by atoms with Gasteiger partial charge in [-0.05, 0) is 76.0 Å². The van der Waals surface area contributed by atoms with Crippen LogP contribution in [0.1, 0.15) is 37.0 Å². The van der Waals surface area contributed by atoms with Crippen LogP contribution in [0.15, 0.2) is 48.5 Å². The molecule has 2 aromatic rings. The van der Waals surface area contributed by atoms with Crippen molar-refractivity contribution in [3.8, 4) is 0 Å². The molecule has 3 fully saturated rings. The van der Waals surface area contributed by atoms with Crippen molar-refractivity contribution in [2.75, 3.05) is 37.6 Å². The topological polar surface area (TPSA) is 26.8 Å². The Morgan fingerprint density at radius 1 is 1.07 bits per heavy atom. The average Bonchev–Trinajstić information content (AvgIpc) is 2.77. The molecule has 3 aliphatic rings. The molecule has 2 bridgehead atoms. The van der Waals surface area contributed by atoms with Crippen molar-refractivity contribution in [1.82, 2.24) is 9.80 Å². The lowest BCUT2D eigenvalue weighted by atomic mass is 9.82. The van der Waals surface area contributed by atoms with Gasteiger partial charge in [-0.2, -0.15) is 0 Å². The third-order valence-corrected chi connectivity index (χ3v) is 6.49. The van der Waals surface area contributed by atoms with E-state index in [4.69, 9.17) is 0 Å². The van der Waals surface area contributed by atoms with Crippen molar-refractivity contribution in [2.24, 2.45) is 5.92 Å². The van der Waals surface area contributed by atoms with Gasteiger partial charge in [-0.1, -0.05) is 18.2 Å². The van der Waals surface area contributed by atoms with E-state index in [-0.39, 0.29) is 17.8 Å². The fourth-order valence-corrected chi connectivity index (χ4v) is 4.85. The number of fused-ring (bicyclic) bond motifs is 3. The SMILES string of the molecule is CCN(CC)C(=O)c1ccc(N(c2ccccc2)C2CN3CCC2CC3)c(F)c1. The summed E-state index contributed by atoms with van der Waals surface area (Å²) in [5.74, 6) is 0.120. The zero-order valence-corrected chi connectivity index (χ0v) is 17.4. The molecule has 0 N–H and O–H groups in total. The molecule has 2 aromatic carbocycles. The summed E-state index contributed by atoms with van der Waals surface area (Å²) in [6.07, 6.45) is 2.32. The Morgan fingerprint density at radius 2 is 1.76 bits per heavy atom. The van der Waals surface area contributed by atoms with Gasteiger partial charge in [0.25, 0.3) is 5.91 Å². The second kappa shape index (κ2) is 8.54. The molecule has 0 spiro atoms. The molecular weight excluding hydrogens is 365 g/mol. The molecule has 0 radical (unpaired) electrons. The quantitative estimate of drug-likeness (QED) is 0.718. The van der Waals surface area contributed by atoms with Gasteiger partial charge in [0.05, 0.1) is 5.69 Å². The number of piperidine rings is 3. The summed E-state index contributed by atoms with van der Waals surface area (Å²) >= 11 is 0. The molecule has 5 heteroatoms. The van der Waals surface area contributed by atoms with Gasteiger partial charge in [0.2, 0.25) is 0 Å². The lowest BCUT2D eigenvalue weighted by molar-refractivity contribution is 0.0772. The second-order valence-electron chi connectivity index (χ2n) is 8.05. The number of carbonyl (C=O) groups is 1. The van der Waals surface area contributed by atoms with E-state index in [1.165, 1.54) is 6.07 Å². The lowest BCUT2D eigenvalue weighted by Crippen LogP contribution is -2.56. The Balaban J connectivity index is 1.71. The van der Waals surface area contributed by atoms with Crippen LogP contribution in [-0.2, 0) is 0 Å². The van der Waals surface area contributed by atoms with Crippen molar-refractivity contribution in [1.29, 1.82) is 0 Å². The van der Waals surface area contributed by atoms with E-state index in [0.717, 1.165) is 38.2 Å². The molecule has 3 saturated heterocycles. The first-order chi connectivity index (χ1) is 14.1. The number of amides is 1. The van der Waals surface area contributed by atoms with Crippen molar-refractivity contribution < 1.29 is 9.18 Å². The van der Waals surface area contributed by atoms with E-state index in [2.05, 4.69) is 9.80 Å². The number of halogens is 1. The van der Waals surface area contributed by atoms with Crippen molar-refractivity contribution in [3.63, 3.8) is 0 Å². The van der Waals surface area contributed by atoms with Gasteiger partial charge in [-0.15, -0.1) is 0 Å². The Bertz CT molecular complexity index is 844. The Kier molecular flexibility index (Phi) is 5.86. The molecule has 29 heavy (non-hydrogen) atoms. The predicted octanol–water partition coefficient (Wildman–Crippen LogP) is 4.54. The molecule has 154 valence electrons. The number of para-hydroxylation sites is 1. The summed E-state index contributed by atoms with van der Waals surface area (Å²) in [6.45, 7) is 8.36. The van der Waals surface area contributed by atoms with Gasteiger partial charge < -0.3 is 14.7 Å². The predicted molar refractivity (Wildman–Crippen MR) is 115 cm³/mol. The first-order valence-electron chi connectivity index (χ1n) is 10.8. The van der Waals surface area contributed by atoms with Gasteiger partial charge >= 0.3 is 0 Å². The lowest BCUT2D eigenvalue weighted by Gasteiger charge is -2.49. The average molecular weight is 396 g/mol. The summed E-state index contributed by atoms with van der Waals surface area (Å²) in [4.78, 5) is 19.0. The van der Waals surface area contributed by atoms with Gasteiger partial charge in [0.1, 0.15) is 5.82 Å². The van der Waals surface area contributed by atoms with Crippen molar-refractivity contribution in [3.05, 3.63) is 59.9 Å². The van der Waals surface area contributed by atoms with Gasteiger partial charge in [0.15, 0.2) is 0 Å². The van der Waals surface area contributed by atoms with E-state index >= 15 is 4.39 Å². The number of anilines is 2. The van der Waals surface area contributed by atoms with Crippen LogP contribution < -0.4 is 4.90 Å². The molecule has 1 unspecified atom stereocenters. The smallest absolute Gasteiger partial charge is 0.253 e. The Morgan fingerprint density at radius 3 is 2.31 bits per heavy atom. The molecule has 1 atom stereocenters. The summed E-state index contributed by atoms with van der Waals surface area (Å²) in [5, 5.41) is 0. The van der Waals surface area contributed by atoms with Crippen molar-refractivity contribution >= 4 is 17.3 Å². The number of hydrogen-bond donors (Lipinski definition) is 0. The highest BCUT2D eigenvalue weighted by atomic mass is 19.1. The highest BCUT2D eigenvalue weighted by molar-refractivity contribution is 5.94. The molecule has 3 aliphatic heterocycles. The van der Waals surface area contributed by atoms with Crippen LogP contribution in [0.25, 0.3) is 0 Å². The van der Waals surface area contributed by atoms with Crippen LogP contribution >= 0.6 is 0 Å². The minimum absolute atomic E-state index is 0.116. The number of rotatable bonds is 6. The summed E-state index contributed by atoms with van der Waals surface area (Å²) in [7, 11) is 0. The van der Waals surface area contributed by atoms with Crippen LogP contribution in [0.4, 0.5) is 15.8 Å². The van der Waals surface area contributed by atoms with Gasteiger partial charge in [-0.3, -0.25) is 4.79 Å². The molecule has 0 aromatic heterocycles. The van der Waals surface area contributed by atoms with Gasteiger partial charge in [-0.25, -0.2) is 4.39 Å². The molecule has 0 saturated carbocycles. The maximum Gasteiger partial charge on any atom is 0.253 e. The van der Waals surface area contributed by atoms with E-state index < -0.39 is 0 Å². The third kappa shape index (κ3) is 3.88. The number of benzene rings is 2. The number of nitrogens with zero attached hydrogens (tertiary/aromatic N) is 3. The largest absolute Gasteiger partial charge is 0.339 e. The fraction of sp³-hybridized carbons (Fsp3) is 0.458. The molecule has 4 nitrogen and oxygen atoms in total. The summed E-state index contributed by atoms with van der Waals surface area (Å²) in [6, 6.07) is 15.3. The van der Waals surface area contributed by atoms with Crippen LogP contribution in [-0.4, -0.2) is 54.5 Å². The highest BCUT2D eigenvalue weighted by Crippen LogP contribution is 2.39. The van der Waals surface area contributed by atoms with Crippen LogP contribution in [0.3, 0.4) is 0 Å². The maximum atomic E-state index is 15.4. The minimum atomic E-state index is -0.330. The summed E-state index contributed by atoms with van der Waals surface area (Å²) < 4.78 is 15.4. The maximum absolute atomic E-state index is 15.4. The van der Waals surface area contributed by atoms with Gasteiger partial charge in [0, 0.05) is 36.9 Å². The molecule has 3 heterocycles. The van der Waals surface area contributed by atoms with Crippen LogP contribution in [0, 0.1) is 11.7 Å². The van der Waals surface area contributed by atoms with Crippen molar-refractivity contribution in [2.45, 2.75) is 32.7 Å². The molecular formula is C24H30FN3O. The third-order valence-electron chi connectivity index (χ3n) is 6.49. The van der Waals surface area contributed by atoms with Crippen LogP contribution in [0.2, 0.25) is 0 Å². The second-order valence-corrected chi connectivity index (χ2v) is 8.05. The van der Waals surface area contributed by atoms with E-state index in [1.54, 1.807) is 17.0 Å². The minimum Gasteiger partial charge on any atom is -0.339 e. The Hall–Kier alpha value is -2.40. The zero-order chi connectivity index (χ0) is 20.4. The zero-order valence-electron chi connectivity index (χ0n) is 17.4. The fourth-order valence-electron chi connectivity index (χ4n) is 4.85.